The van der Waals surface area contributed by atoms with Gasteiger partial charge in [0.1, 0.15) is 5.82 Å². The second-order valence-electron chi connectivity index (χ2n) is 6.11. The van der Waals surface area contributed by atoms with Crippen LogP contribution in [0.25, 0.3) is 5.82 Å². The van der Waals surface area contributed by atoms with E-state index in [0.29, 0.717) is 11.7 Å². The Morgan fingerprint density at radius 1 is 1.23 bits per heavy atom. The summed E-state index contributed by atoms with van der Waals surface area (Å²) in [6, 6.07) is 5.83. The molecule has 6 heteroatoms. The lowest BCUT2D eigenvalue weighted by atomic mass is 9.86. The standard InChI is InChI=1S/C16H23N5O/c1-11-9-12(2)21(20-11)16-8-7-15(18-19-16)17-10-13-5-3-4-6-14(13)22/h7-9,13-14,22H,3-6,10H2,1-2H3,(H,17,18)/t13-,14-/m0/s1. The molecule has 0 unspecified atom stereocenters. The van der Waals surface area contributed by atoms with Crippen LogP contribution in [0.3, 0.4) is 0 Å². The number of aromatic nitrogens is 4. The minimum atomic E-state index is -0.191. The lowest BCUT2D eigenvalue weighted by Gasteiger charge is -2.27. The lowest BCUT2D eigenvalue weighted by Crippen LogP contribution is -2.30. The average Bonchev–Trinajstić information content (AvgIpc) is 2.86. The van der Waals surface area contributed by atoms with Crippen LogP contribution in [-0.2, 0) is 0 Å². The van der Waals surface area contributed by atoms with E-state index in [9.17, 15) is 5.11 Å². The van der Waals surface area contributed by atoms with E-state index < -0.39 is 0 Å². The molecule has 1 saturated carbocycles. The molecule has 2 heterocycles. The van der Waals surface area contributed by atoms with Crippen molar-refractivity contribution in [3.63, 3.8) is 0 Å². The van der Waals surface area contributed by atoms with Crippen LogP contribution < -0.4 is 5.32 Å². The number of hydrogen-bond acceptors (Lipinski definition) is 5. The summed E-state index contributed by atoms with van der Waals surface area (Å²) in [5.41, 5.74) is 2.01. The van der Waals surface area contributed by atoms with Gasteiger partial charge in [0.05, 0.1) is 11.8 Å². The molecule has 0 spiro atoms. The summed E-state index contributed by atoms with van der Waals surface area (Å²) in [4.78, 5) is 0. The Labute approximate surface area is 130 Å². The number of nitrogens with zero attached hydrogens (tertiary/aromatic N) is 4. The summed E-state index contributed by atoms with van der Waals surface area (Å²) in [6.07, 6.45) is 4.13. The summed E-state index contributed by atoms with van der Waals surface area (Å²) in [6.45, 7) is 4.70. The number of anilines is 1. The second kappa shape index (κ2) is 6.44. The van der Waals surface area contributed by atoms with Gasteiger partial charge in [-0.2, -0.15) is 5.10 Å². The molecule has 0 amide bonds. The maximum absolute atomic E-state index is 9.98. The van der Waals surface area contributed by atoms with Gasteiger partial charge in [-0.1, -0.05) is 12.8 Å². The first-order chi connectivity index (χ1) is 10.6. The van der Waals surface area contributed by atoms with Crippen molar-refractivity contribution in [2.75, 3.05) is 11.9 Å². The van der Waals surface area contributed by atoms with E-state index >= 15 is 0 Å². The van der Waals surface area contributed by atoms with Gasteiger partial charge in [0.15, 0.2) is 5.82 Å². The Morgan fingerprint density at radius 2 is 2.05 bits per heavy atom. The van der Waals surface area contributed by atoms with E-state index in [0.717, 1.165) is 43.0 Å². The summed E-state index contributed by atoms with van der Waals surface area (Å²) in [5.74, 6) is 1.77. The van der Waals surface area contributed by atoms with Gasteiger partial charge < -0.3 is 10.4 Å². The highest BCUT2D eigenvalue weighted by molar-refractivity contribution is 5.37. The highest BCUT2D eigenvalue weighted by atomic mass is 16.3. The molecule has 1 fully saturated rings. The number of rotatable bonds is 4. The van der Waals surface area contributed by atoms with Crippen LogP contribution in [-0.4, -0.2) is 37.7 Å². The van der Waals surface area contributed by atoms with E-state index in [4.69, 9.17) is 0 Å². The Balaban J connectivity index is 1.63. The van der Waals surface area contributed by atoms with Crippen molar-refractivity contribution >= 4 is 5.82 Å². The van der Waals surface area contributed by atoms with Crippen molar-refractivity contribution in [1.82, 2.24) is 20.0 Å². The second-order valence-corrected chi connectivity index (χ2v) is 6.11. The molecule has 2 aromatic heterocycles. The molecule has 118 valence electrons. The topological polar surface area (TPSA) is 75.9 Å². The molecule has 0 radical (unpaired) electrons. The number of hydrogen-bond donors (Lipinski definition) is 2. The van der Waals surface area contributed by atoms with Gasteiger partial charge in [-0.3, -0.25) is 0 Å². The Bertz CT molecular complexity index is 622. The zero-order valence-electron chi connectivity index (χ0n) is 13.2. The summed E-state index contributed by atoms with van der Waals surface area (Å²) in [7, 11) is 0. The zero-order chi connectivity index (χ0) is 15.5. The average molecular weight is 301 g/mol. The van der Waals surface area contributed by atoms with Gasteiger partial charge in [-0.15, -0.1) is 10.2 Å². The smallest absolute Gasteiger partial charge is 0.176 e. The molecule has 1 aliphatic rings. The molecule has 22 heavy (non-hydrogen) atoms. The molecule has 2 aromatic rings. The van der Waals surface area contributed by atoms with Crippen LogP contribution in [0.2, 0.25) is 0 Å². The number of nitrogens with one attached hydrogen (secondary N) is 1. The predicted molar refractivity (Wildman–Crippen MR) is 85.1 cm³/mol. The molecule has 0 bridgehead atoms. The maximum atomic E-state index is 9.98. The first kappa shape index (κ1) is 15.0. The third-order valence-corrected chi connectivity index (χ3v) is 4.29. The van der Waals surface area contributed by atoms with Gasteiger partial charge in [0, 0.05) is 18.2 Å². The van der Waals surface area contributed by atoms with Crippen LogP contribution in [0.15, 0.2) is 18.2 Å². The van der Waals surface area contributed by atoms with Gasteiger partial charge in [0.2, 0.25) is 0 Å². The monoisotopic (exact) mass is 301 g/mol. The molecule has 1 aliphatic carbocycles. The van der Waals surface area contributed by atoms with Crippen molar-refractivity contribution in [1.29, 1.82) is 0 Å². The normalized spacial score (nSPS) is 21.8. The van der Waals surface area contributed by atoms with Gasteiger partial charge in [-0.05, 0) is 44.9 Å². The number of aliphatic hydroxyl groups is 1. The molecule has 0 aromatic carbocycles. The van der Waals surface area contributed by atoms with Gasteiger partial charge >= 0.3 is 0 Å². The van der Waals surface area contributed by atoms with Crippen molar-refractivity contribution in [2.45, 2.75) is 45.6 Å². The molecule has 0 saturated heterocycles. The molecule has 6 nitrogen and oxygen atoms in total. The quantitative estimate of drug-likeness (QED) is 0.906. The molecular weight excluding hydrogens is 278 g/mol. The molecule has 2 N–H and O–H groups in total. The van der Waals surface area contributed by atoms with Crippen molar-refractivity contribution < 1.29 is 5.11 Å². The molecule has 0 aliphatic heterocycles. The lowest BCUT2D eigenvalue weighted by molar-refractivity contribution is 0.0763. The summed E-state index contributed by atoms with van der Waals surface area (Å²) in [5, 5.41) is 26.1. The fourth-order valence-corrected chi connectivity index (χ4v) is 3.06. The highest BCUT2D eigenvalue weighted by Gasteiger charge is 2.22. The SMILES string of the molecule is Cc1cc(C)n(-c2ccc(NC[C@@H]3CCCC[C@@H]3O)nn2)n1. The highest BCUT2D eigenvalue weighted by Crippen LogP contribution is 2.24. The van der Waals surface area contributed by atoms with Crippen molar-refractivity contribution in [3.05, 3.63) is 29.6 Å². The molecular formula is C16H23N5O. The number of aliphatic hydroxyl groups excluding tert-OH is 1. The van der Waals surface area contributed by atoms with E-state index in [2.05, 4.69) is 20.6 Å². The molecule has 2 atom stereocenters. The van der Waals surface area contributed by atoms with E-state index in [1.807, 2.05) is 32.0 Å². The third kappa shape index (κ3) is 3.27. The minimum absolute atomic E-state index is 0.191. The van der Waals surface area contributed by atoms with E-state index in [1.54, 1.807) is 4.68 Å². The van der Waals surface area contributed by atoms with Crippen molar-refractivity contribution in [2.24, 2.45) is 5.92 Å². The first-order valence-corrected chi connectivity index (χ1v) is 7.93. The van der Waals surface area contributed by atoms with Crippen LogP contribution >= 0.6 is 0 Å². The Morgan fingerprint density at radius 3 is 2.68 bits per heavy atom. The minimum Gasteiger partial charge on any atom is -0.393 e. The first-order valence-electron chi connectivity index (χ1n) is 7.93. The van der Waals surface area contributed by atoms with Crippen molar-refractivity contribution in [3.8, 4) is 5.82 Å². The van der Waals surface area contributed by atoms with Gasteiger partial charge in [0.25, 0.3) is 0 Å². The number of aryl methyl sites for hydroxylation is 2. The summed E-state index contributed by atoms with van der Waals surface area (Å²) < 4.78 is 1.79. The largest absolute Gasteiger partial charge is 0.393 e. The summed E-state index contributed by atoms with van der Waals surface area (Å²) >= 11 is 0. The van der Waals surface area contributed by atoms with Crippen LogP contribution in [0.5, 0.6) is 0 Å². The fraction of sp³-hybridized carbons (Fsp3) is 0.562. The van der Waals surface area contributed by atoms with E-state index in [1.165, 1.54) is 6.42 Å². The van der Waals surface area contributed by atoms with Gasteiger partial charge in [-0.25, -0.2) is 4.68 Å². The van der Waals surface area contributed by atoms with Crippen LogP contribution in [0.1, 0.15) is 37.1 Å². The Kier molecular flexibility index (Phi) is 4.38. The predicted octanol–water partition coefficient (Wildman–Crippen LogP) is 2.24. The zero-order valence-corrected chi connectivity index (χ0v) is 13.2. The maximum Gasteiger partial charge on any atom is 0.176 e. The van der Waals surface area contributed by atoms with E-state index in [-0.39, 0.29) is 6.10 Å². The fourth-order valence-electron chi connectivity index (χ4n) is 3.06. The van der Waals surface area contributed by atoms with Crippen LogP contribution in [0.4, 0.5) is 5.82 Å². The van der Waals surface area contributed by atoms with Crippen LogP contribution in [0, 0.1) is 19.8 Å². The third-order valence-electron chi connectivity index (χ3n) is 4.29. The Hall–Kier alpha value is -1.95. The molecule has 3 rings (SSSR count).